The van der Waals surface area contributed by atoms with E-state index in [1.807, 2.05) is 0 Å². The number of hydrogen-bond acceptors (Lipinski definition) is 9. The third-order valence-electron chi connectivity index (χ3n) is 8.71. The van der Waals surface area contributed by atoms with Gasteiger partial charge in [-0.2, -0.15) is 13.9 Å². The van der Waals surface area contributed by atoms with Crippen molar-refractivity contribution < 1.29 is 59.7 Å². The average molecular weight is 770 g/mol. The summed E-state index contributed by atoms with van der Waals surface area (Å²) >= 11 is 5.84. The average Bonchev–Trinajstić information content (AvgIpc) is 3.33. The van der Waals surface area contributed by atoms with Crippen molar-refractivity contribution in [2.24, 2.45) is 5.92 Å². The van der Waals surface area contributed by atoms with Crippen molar-refractivity contribution in [3.8, 4) is 11.5 Å². The van der Waals surface area contributed by atoms with E-state index in [4.69, 9.17) is 25.4 Å². The first-order chi connectivity index (χ1) is 24.0. The van der Waals surface area contributed by atoms with E-state index < -0.39 is 102 Å². The molecule has 2 heterocycles. The summed E-state index contributed by atoms with van der Waals surface area (Å²) in [4.78, 5) is 39.4. The van der Waals surface area contributed by atoms with Crippen LogP contribution < -0.4 is 25.4 Å². The molecule has 6 atom stereocenters. The van der Waals surface area contributed by atoms with Crippen molar-refractivity contribution in [2.75, 3.05) is 6.61 Å². The van der Waals surface area contributed by atoms with E-state index in [1.165, 1.54) is 37.3 Å². The van der Waals surface area contributed by atoms with Crippen LogP contribution in [0.2, 0.25) is 0 Å². The van der Waals surface area contributed by atoms with Crippen LogP contribution in [0.5, 0.6) is 11.5 Å². The molecule has 1 saturated carbocycles. The maximum atomic E-state index is 15.2. The lowest BCUT2D eigenvalue weighted by Gasteiger charge is -2.31. The molecule has 1 saturated heterocycles. The molecule has 3 N–H and O–H groups in total. The Hall–Kier alpha value is -3.67. The first kappa shape index (κ1) is 38.6. The monoisotopic (exact) mass is 769 g/mol. The number of nitrogens with zero attached hydrogens (tertiary/aromatic N) is 2. The minimum atomic E-state index is -5.09. The van der Waals surface area contributed by atoms with E-state index in [1.54, 1.807) is 0 Å². The number of aromatic nitrogens is 2. The van der Waals surface area contributed by atoms with Crippen molar-refractivity contribution in [1.29, 1.82) is 0 Å². The number of nitrogens with one attached hydrogen (secondary N) is 1. The van der Waals surface area contributed by atoms with Gasteiger partial charge in [0.2, 0.25) is 34.8 Å². The number of carbonyl (C=O) groups is 1. The van der Waals surface area contributed by atoms with Crippen LogP contribution in [-0.2, 0) is 14.1 Å². The van der Waals surface area contributed by atoms with Crippen LogP contribution in [0.1, 0.15) is 51.3 Å². The van der Waals surface area contributed by atoms with Gasteiger partial charge in [0, 0.05) is 24.7 Å². The molecule has 0 spiro atoms. The summed E-state index contributed by atoms with van der Waals surface area (Å²) in [6.07, 6.45) is -3.51. The van der Waals surface area contributed by atoms with E-state index >= 15 is 4.39 Å². The highest BCUT2D eigenvalue weighted by Crippen LogP contribution is 2.48. The van der Waals surface area contributed by atoms with Gasteiger partial charge in [-0.3, -0.25) is 18.7 Å². The van der Waals surface area contributed by atoms with Gasteiger partial charge < -0.3 is 24.0 Å². The Morgan fingerprint density at radius 1 is 1.02 bits per heavy atom. The molecule has 2 aliphatic rings. The van der Waals surface area contributed by atoms with Crippen LogP contribution in [-0.4, -0.2) is 55.1 Å². The van der Waals surface area contributed by atoms with Crippen molar-refractivity contribution in [2.45, 2.75) is 74.7 Å². The van der Waals surface area contributed by atoms with Crippen LogP contribution in [0.3, 0.4) is 0 Å². The Morgan fingerprint density at radius 3 is 2.18 bits per heavy atom. The van der Waals surface area contributed by atoms with Gasteiger partial charge in [-0.1, -0.05) is 29.8 Å². The normalized spacial score (nSPS) is 26.7. The molecule has 3 aromatic rings. The first-order valence-electron chi connectivity index (χ1n) is 15.5. The lowest BCUT2D eigenvalue weighted by molar-refractivity contribution is -0.121. The number of ketones is 1. The topological polar surface area (TPSA) is 158 Å². The smallest absolute Gasteiger partial charge is 0.405 e. The summed E-state index contributed by atoms with van der Waals surface area (Å²) < 4.78 is 116. The molecule has 20 heteroatoms. The molecule has 0 radical (unpaired) electrons. The summed E-state index contributed by atoms with van der Waals surface area (Å²) in [7, 11) is -5.09. The number of Topliss-reactive ketones (excluding diaryl/α,β-unsaturated/α-hetero) is 1. The zero-order valence-electron chi connectivity index (χ0n) is 26.5. The van der Waals surface area contributed by atoms with Crippen LogP contribution in [0.25, 0.3) is 0 Å². The molecule has 1 aromatic heterocycles. The second-order valence-electron chi connectivity index (χ2n) is 12.1. The summed E-state index contributed by atoms with van der Waals surface area (Å²) in [5.74, 6) is -15.1. The number of aliphatic hydroxyl groups is 2. The number of rotatable bonds is 12. The van der Waals surface area contributed by atoms with Crippen LogP contribution >= 0.6 is 19.3 Å². The maximum Gasteiger partial charge on any atom is 0.513 e. The zero-order valence-corrected chi connectivity index (χ0v) is 28.1. The molecular formula is C31H31ClF6N3O9P. The number of benzene rings is 2. The fourth-order valence-electron chi connectivity index (χ4n) is 5.99. The molecule has 1 aliphatic heterocycles. The van der Waals surface area contributed by atoms with E-state index in [2.05, 4.69) is 5.09 Å². The largest absolute Gasteiger partial charge is 0.513 e. The van der Waals surface area contributed by atoms with Crippen LogP contribution in [0.4, 0.5) is 26.3 Å². The van der Waals surface area contributed by atoms with Crippen LogP contribution in [0, 0.1) is 35.0 Å². The molecule has 278 valence electrons. The Morgan fingerprint density at radius 2 is 1.61 bits per heavy atom. The number of hydrogen-bond donors (Lipinski definition) is 3. The van der Waals surface area contributed by atoms with E-state index in [0.29, 0.717) is 4.57 Å². The molecule has 0 bridgehead atoms. The fraction of sp³-hybridized carbons (Fsp3) is 0.452. The quantitative estimate of drug-likeness (QED) is 0.0769. The lowest BCUT2D eigenvalue weighted by atomic mass is 9.82. The van der Waals surface area contributed by atoms with Gasteiger partial charge in [0.05, 0.1) is 12.6 Å². The van der Waals surface area contributed by atoms with Gasteiger partial charge in [0.1, 0.15) is 23.7 Å². The highest BCUT2D eigenvalue weighted by atomic mass is 35.5. The Bertz CT molecular complexity index is 1920. The van der Waals surface area contributed by atoms with E-state index in [0.717, 1.165) is 16.8 Å². The van der Waals surface area contributed by atoms with Gasteiger partial charge in [0.15, 0.2) is 6.23 Å². The molecule has 2 aromatic carbocycles. The fourth-order valence-corrected chi connectivity index (χ4v) is 7.85. The highest BCUT2D eigenvalue weighted by Gasteiger charge is 2.57. The molecule has 0 amide bonds. The molecule has 1 aliphatic carbocycles. The maximum absolute atomic E-state index is 15.2. The molecule has 5 rings (SSSR count). The standard InChI is InChI=1S/C31H31ClF6N3O9P/c1-15(39-51(47,49-18-5-3-2-4-6-18)50-27-25(36)23(34)22(33)24(35)26(27)37)19(43)13-16-7-9-17(10-8-16)41-21(44)11-12-40(30(41)46)29-31(32,38)28(45)20(14-42)48-29/h2-6,11-12,15-17,20,28-29,42,45H,7-10,13-14H2,1H3,(H,39,47)/t15-,16?,17?,20+,28+,29+,31+,51?/m0/s1. The van der Waals surface area contributed by atoms with Crippen LogP contribution in [0.15, 0.2) is 52.2 Å². The van der Waals surface area contributed by atoms with E-state index in [-0.39, 0.29) is 43.8 Å². The van der Waals surface area contributed by atoms with Gasteiger partial charge >= 0.3 is 13.4 Å². The Kier molecular flexibility index (Phi) is 11.4. The number of halogens is 7. The summed E-state index contributed by atoms with van der Waals surface area (Å²) in [5.41, 5.74) is -1.70. The van der Waals surface area contributed by atoms with E-state index in [9.17, 15) is 51.1 Å². The zero-order chi connectivity index (χ0) is 37.4. The van der Waals surface area contributed by atoms with Crippen molar-refractivity contribution in [1.82, 2.24) is 14.2 Å². The third-order valence-corrected chi connectivity index (χ3v) is 10.7. The summed E-state index contributed by atoms with van der Waals surface area (Å²) in [5, 5.41) is 18.7. The SMILES string of the molecule is C[C@H](NP(=O)(Oc1ccccc1)Oc1c(F)c(F)c(F)c(F)c1F)C(=O)CC1CCC(n2c(=O)ccn([C@@H]3O[C@H](CO)[C@@H](O)[C@]3(F)Cl)c2=O)CC1. The third kappa shape index (κ3) is 7.76. The van der Waals surface area contributed by atoms with Crippen molar-refractivity contribution >= 4 is 25.1 Å². The lowest BCUT2D eigenvalue weighted by Crippen LogP contribution is -2.47. The predicted octanol–water partition coefficient (Wildman–Crippen LogP) is 4.80. The molecule has 12 nitrogen and oxygen atoms in total. The number of carbonyl (C=O) groups excluding carboxylic acids is 1. The second kappa shape index (κ2) is 15.1. The second-order valence-corrected chi connectivity index (χ2v) is 14.3. The minimum absolute atomic E-state index is 0.171. The molecule has 1 unspecified atom stereocenters. The molecular weight excluding hydrogens is 739 g/mol. The predicted molar refractivity (Wildman–Crippen MR) is 166 cm³/mol. The number of para-hydroxylation sites is 1. The van der Waals surface area contributed by atoms with Gasteiger partial charge in [-0.25, -0.2) is 26.9 Å². The minimum Gasteiger partial charge on any atom is -0.405 e. The Balaban J connectivity index is 1.28. The van der Waals surface area contributed by atoms with Gasteiger partial charge in [-0.05, 0) is 50.7 Å². The van der Waals surface area contributed by atoms with Gasteiger partial charge in [-0.15, -0.1) is 0 Å². The summed E-state index contributed by atoms with van der Waals surface area (Å²) in [6, 6.07) is 5.78. The summed E-state index contributed by atoms with van der Waals surface area (Å²) in [6.45, 7) is 0.422. The number of aliphatic hydroxyl groups excluding tert-OH is 2. The van der Waals surface area contributed by atoms with Gasteiger partial charge in [0.25, 0.3) is 10.7 Å². The molecule has 51 heavy (non-hydrogen) atoms. The van der Waals surface area contributed by atoms with Crippen molar-refractivity contribution in [3.05, 3.63) is 92.5 Å². The molecule has 2 fully saturated rings. The number of alkyl halides is 2. The highest BCUT2D eigenvalue weighted by molar-refractivity contribution is 7.52. The first-order valence-corrected chi connectivity index (χ1v) is 17.4. The Labute approximate surface area is 290 Å². The number of ether oxygens (including phenoxy) is 1. The van der Waals surface area contributed by atoms with Crippen molar-refractivity contribution in [3.63, 3.8) is 0 Å².